The molecule has 0 amide bonds. The van der Waals surface area contributed by atoms with Crippen LogP contribution in [0.5, 0.6) is 0 Å². The molecule has 3 heterocycles. The van der Waals surface area contributed by atoms with Crippen LogP contribution in [0, 0.1) is 0 Å². The highest BCUT2D eigenvalue weighted by Crippen LogP contribution is 2.29. The lowest BCUT2D eigenvalue weighted by atomic mass is 10.2. The van der Waals surface area contributed by atoms with E-state index < -0.39 is 10.0 Å². The van der Waals surface area contributed by atoms with Gasteiger partial charge in [-0.05, 0) is 25.5 Å². The number of hydrogen-bond acceptors (Lipinski definition) is 4. The number of aromatic nitrogens is 2. The minimum atomic E-state index is -3.52. The topological polar surface area (TPSA) is 92.1 Å². The van der Waals surface area contributed by atoms with E-state index in [-0.39, 0.29) is 17.0 Å². The molecule has 3 N–H and O–H groups in total. The fourth-order valence-corrected chi connectivity index (χ4v) is 4.39. The van der Waals surface area contributed by atoms with Crippen molar-refractivity contribution in [1.29, 1.82) is 0 Å². The van der Waals surface area contributed by atoms with Crippen LogP contribution < -0.4 is 5.73 Å². The molecule has 0 aromatic carbocycles. The number of sulfonamides is 1. The predicted octanol–water partition coefficient (Wildman–Crippen LogP) is 0.673. The maximum absolute atomic E-state index is 12.7. The van der Waals surface area contributed by atoms with Crippen LogP contribution in [0.25, 0.3) is 11.0 Å². The summed E-state index contributed by atoms with van der Waals surface area (Å²) in [4.78, 5) is 7.28. The van der Waals surface area contributed by atoms with Crippen molar-refractivity contribution >= 4 is 21.1 Å². The van der Waals surface area contributed by atoms with Crippen LogP contribution >= 0.6 is 0 Å². The summed E-state index contributed by atoms with van der Waals surface area (Å²) in [6.07, 6.45) is 3.83. The second kappa shape index (κ2) is 4.29. The van der Waals surface area contributed by atoms with Crippen molar-refractivity contribution in [3.63, 3.8) is 0 Å². The highest BCUT2D eigenvalue weighted by molar-refractivity contribution is 7.89. The summed E-state index contributed by atoms with van der Waals surface area (Å²) in [7, 11) is -3.52. The van der Waals surface area contributed by atoms with Gasteiger partial charge in [-0.15, -0.1) is 0 Å². The first-order valence-corrected chi connectivity index (χ1v) is 7.65. The van der Waals surface area contributed by atoms with Gasteiger partial charge in [0.25, 0.3) is 0 Å². The molecule has 1 aliphatic heterocycles. The zero-order valence-electron chi connectivity index (χ0n) is 10.6. The van der Waals surface area contributed by atoms with Gasteiger partial charge in [-0.25, -0.2) is 13.4 Å². The third-order valence-corrected chi connectivity index (χ3v) is 5.78. The molecule has 0 saturated carbocycles. The van der Waals surface area contributed by atoms with Crippen LogP contribution in [0.4, 0.5) is 0 Å². The van der Waals surface area contributed by atoms with Gasteiger partial charge >= 0.3 is 0 Å². The van der Waals surface area contributed by atoms with Crippen molar-refractivity contribution < 1.29 is 8.42 Å². The van der Waals surface area contributed by atoms with Crippen molar-refractivity contribution in [3.05, 3.63) is 24.5 Å². The summed E-state index contributed by atoms with van der Waals surface area (Å²) >= 11 is 0. The van der Waals surface area contributed by atoms with E-state index in [1.807, 2.05) is 6.92 Å². The quantitative estimate of drug-likeness (QED) is 0.846. The van der Waals surface area contributed by atoms with E-state index >= 15 is 0 Å². The van der Waals surface area contributed by atoms with Crippen molar-refractivity contribution in [2.24, 2.45) is 5.73 Å². The Labute approximate surface area is 111 Å². The van der Waals surface area contributed by atoms with Crippen molar-refractivity contribution in [2.45, 2.75) is 30.3 Å². The smallest absolute Gasteiger partial charge is 0.245 e. The van der Waals surface area contributed by atoms with Crippen molar-refractivity contribution in [1.82, 2.24) is 14.3 Å². The van der Waals surface area contributed by atoms with E-state index in [1.54, 1.807) is 18.3 Å². The number of rotatable bonds is 2. The number of nitrogens with two attached hydrogens (primary N) is 1. The van der Waals surface area contributed by atoms with Crippen molar-refractivity contribution in [3.8, 4) is 0 Å². The first-order valence-electron chi connectivity index (χ1n) is 6.21. The minimum absolute atomic E-state index is 0.0990. The summed E-state index contributed by atoms with van der Waals surface area (Å²) < 4.78 is 26.9. The molecular formula is C12H16N4O2S. The van der Waals surface area contributed by atoms with Crippen LogP contribution in [0.15, 0.2) is 29.4 Å². The Bertz CT molecular complexity index is 709. The largest absolute Gasteiger partial charge is 0.345 e. The zero-order chi connectivity index (χ0) is 13.6. The molecule has 0 aliphatic carbocycles. The van der Waals surface area contributed by atoms with Crippen LogP contribution in [-0.4, -0.2) is 41.3 Å². The number of pyridine rings is 1. The number of aromatic amines is 1. The normalized spacial score (nSPS) is 25.2. The lowest BCUT2D eigenvalue weighted by molar-refractivity contribution is 0.393. The molecule has 1 saturated heterocycles. The minimum Gasteiger partial charge on any atom is -0.345 e. The molecule has 2 aromatic heterocycles. The predicted molar refractivity (Wildman–Crippen MR) is 72.0 cm³/mol. The van der Waals surface area contributed by atoms with E-state index in [9.17, 15) is 8.42 Å². The first kappa shape index (κ1) is 12.6. The third-order valence-electron chi connectivity index (χ3n) is 3.76. The van der Waals surface area contributed by atoms with Crippen LogP contribution in [-0.2, 0) is 10.0 Å². The lowest BCUT2D eigenvalue weighted by Crippen LogP contribution is -2.40. The monoisotopic (exact) mass is 280 g/mol. The van der Waals surface area contributed by atoms with Gasteiger partial charge in [0.15, 0.2) is 0 Å². The highest BCUT2D eigenvalue weighted by atomic mass is 32.2. The molecular weight excluding hydrogens is 264 g/mol. The molecule has 2 atom stereocenters. The highest BCUT2D eigenvalue weighted by Gasteiger charge is 2.38. The molecule has 0 spiro atoms. The van der Waals surface area contributed by atoms with Gasteiger partial charge in [-0.1, -0.05) is 0 Å². The molecule has 1 fully saturated rings. The average molecular weight is 280 g/mol. The number of fused-ring (bicyclic) bond motifs is 1. The Balaban J connectivity index is 2.10. The Kier molecular flexibility index (Phi) is 2.84. The summed E-state index contributed by atoms with van der Waals surface area (Å²) in [5, 5.41) is 0.621. The second-order valence-electron chi connectivity index (χ2n) is 4.86. The van der Waals surface area contributed by atoms with Gasteiger partial charge in [0.1, 0.15) is 10.5 Å². The Hall–Kier alpha value is -1.44. The van der Waals surface area contributed by atoms with Gasteiger partial charge in [0, 0.05) is 36.4 Å². The van der Waals surface area contributed by atoms with Crippen LogP contribution in [0.2, 0.25) is 0 Å². The molecule has 0 radical (unpaired) electrons. The first-order chi connectivity index (χ1) is 9.01. The molecule has 0 bridgehead atoms. The fraction of sp³-hybridized carbons (Fsp3) is 0.417. The summed E-state index contributed by atoms with van der Waals surface area (Å²) in [6.45, 7) is 2.32. The SMILES string of the molecule is CC1C(N)CCN1S(=O)(=O)c1c[nH]c2ncccc12. The standard InChI is InChI=1S/C12H16N4O2S/c1-8-10(13)4-6-16(8)19(17,18)11-7-15-12-9(11)3-2-5-14-12/h2-3,5,7-8,10H,4,6,13H2,1H3,(H,14,15). The summed E-state index contributed by atoms with van der Waals surface area (Å²) in [5.41, 5.74) is 6.49. The number of nitrogens with one attached hydrogen (secondary N) is 1. The van der Waals surface area contributed by atoms with E-state index in [4.69, 9.17) is 5.73 Å². The molecule has 1 aliphatic rings. The van der Waals surface area contributed by atoms with E-state index in [2.05, 4.69) is 9.97 Å². The van der Waals surface area contributed by atoms with Crippen molar-refractivity contribution in [2.75, 3.05) is 6.54 Å². The summed E-state index contributed by atoms with van der Waals surface area (Å²) in [5.74, 6) is 0. The third kappa shape index (κ3) is 1.85. The van der Waals surface area contributed by atoms with E-state index in [0.29, 0.717) is 24.0 Å². The van der Waals surface area contributed by atoms with Crippen LogP contribution in [0.1, 0.15) is 13.3 Å². The molecule has 19 heavy (non-hydrogen) atoms. The Morgan fingerprint density at radius 1 is 1.53 bits per heavy atom. The van der Waals surface area contributed by atoms with Gasteiger partial charge in [-0.3, -0.25) is 0 Å². The number of H-pyrrole nitrogens is 1. The maximum atomic E-state index is 12.7. The second-order valence-corrected chi connectivity index (χ2v) is 6.72. The molecule has 3 rings (SSSR count). The molecule has 2 aromatic rings. The van der Waals surface area contributed by atoms with Gasteiger partial charge in [-0.2, -0.15) is 4.31 Å². The van der Waals surface area contributed by atoms with E-state index in [1.165, 1.54) is 10.5 Å². The maximum Gasteiger partial charge on any atom is 0.245 e. The molecule has 2 unspecified atom stereocenters. The van der Waals surface area contributed by atoms with Gasteiger partial charge in [0.2, 0.25) is 10.0 Å². The van der Waals surface area contributed by atoms with Crippen LogP contribution in [0.3, 0.4) is 0 Å². The Morgan fingerprint density at radius 2 is 2.32 bits per heavy atom. The molecule has 7 heteroatoms. The number of hydrogen-bond donors (Lipinski definition) is 2. The number of nitrogens with zero attached hydrogens (tertiary/aromatic N) is 2. The zero-order valence-corrected chi connectivity index (χ0v) is 11.4. The fourth-order valence-electron chi connectivity index (χ4n) is 2.54. The molecule has 102 valence electrons. The van der Waals surface area contributed by atoms with E-state index in [0.717, 1.165) is 0 Å². The Morgan fingerprint density at radius 3 is 3.00 bits per heavy atom. The molecule has 6 nitrogen and oxygen atoms in total. The summed E-state index contributed by atoms with van der Waals surface area (Å²) in [6, 6.07) is 3.21. The van der Waals surface area contributed by atoms with Gasteiger partial charge < -0.3 is 10.7 Å². The lowest BCUT2D eigenvalue weighted by Gasteiger charge is -2.22. The average Bonchev–Trinajstić information content (AvgIpc) is 2.95. The van der Waals surface area contributed by atoms with Gasteiger partial charge in [0.05, 0.1) is 0 Å².